The van der Waals surface area contributed by atoms with Crippen molar-refractivity contribution in [2.75, 3.05) is 52.5 Å². The Labute approximate surface area is 755 Å². The van der Waals surface area contributed by atoms with Gasteiger partial charge in [0.25, 0.3) is 17.4 Å². The van der Waals surface area contributed by atoms with Crippen molar-refractivity contribution in [3.8, 4) is 0 Å². The first-order valence-corrected chi connectivity index (χ1v) is 43.5. The number of amides is 8. The number of aromatic amines is 3. The van der Waals surface area contributed by atoms with Crippen molar-refractivity contribution >= 4 is 196 Å². The number of nitrogens with one attached hydrogen (secondary N) is 11. The Bertz CT molecular complexity index is 6110. The predicted octanol–water partition coefficient (Wildman–Crippen LogP) is 6.51. The molecule has 6 heterocycles. The Morgan fingerprint density at radius 2 is 1.34 bits per heavy atom. The van der Waals surface area contributed by atoms with Gasteiger partial charge in [-0.2, -0.15) is 10.1 Å². The second-order valence-electron chi connectivity index (χ2n) is 32.5. The van der Waals surface area contributed by atoms with E-state index in [0.29, 0.717) is 69.3 Å². The molecular weight excluding hydrogens is 1740 g/mol. The number of imide groups is 1. The molecular formula is C89H98ClN19O21S. The highest BCUT2D eigenvalue weighted by molar-refractivity contribution is 8.00. The van der Waals surface area contributed by atoms with Crippen molar-refractivity contribution in [3.05, 3.63) is 159 Å². The second-order valence-corrected chi connectivity index (χ2v) is 34.1. The largest absolute Gasteiger partial charge is 0.481 e. The zero-order valence-electron chi connectivity index (χ0n) is 71.6. The van der Waals surface area contributed by atoms with Crippen LogP contribution in [0.4, 0.5) is 23.0 Å². The fourth-order valence-corrected chi connectivity index (χ4v) is 16.9. The van der Waals surface area contributed by atoms with E-state index in [1.807, 2.05) is 57.2 Å². The molecule has 0 radical (unpaired) electrons. The first-order valence-electron chi connectivity index (χ1n) is 41.9. The topological polar surface area (TPSA) is 636 Å². The number of halogens is 1. The molecule has 0 bridgehead atoms. The Morgan fingerprint density at radius 1 is 0.695 bits per heavy atom. The number of hydrogen-bond acceptors (Lipinski definition) is 25. The molecule has 2 aliphatic rings. The number of anilines is 4. The number of carboxylic acids is 4. The highest BCUT2D eigenvalue weighted by atomic mass is 35.5. The van der Waals surface area contributed by atoms with Gasteiger partial charge >= 0.3 is 23.9 Å². The maximum atomic E-state index is 14.2. The number of rotatable bonds is 47. The number of carboxylic acid groups (broad SMARTS) is 4. The molecule has 19 N–H and O–H groups in total. The Kier molecular flexibility index (Phi) is 32.5. The van der Waals surface area contributed by atoms with Gasteiger partial charge in [-0.1, -0.05) is 44.2 Å². The van der Waals surface area contributed by atoms with Crippen molar-refractivity contribution in [3.63, 3.8) is 0 Å². The molecule has 2 aliphatic heterocycles. The fourth-order valence-electron chi connectivity index (χ4n) is 15.5. The number of H-pyrrole nitrogens is 3. The second kappa shape index (κ2) is 43.9. The minimum Gasteiger partial charge on any atom is -0.481 e. The first-order chi connectivity index (χ1) is 62.4. The van der Waals surface area contributed by atoms with E-state index in [-0.39, 0.29) is 104 Å². The molecule has 4 aromatic heterocycles. The number of thioether (sulfide) groups is 1. The number of Topliss-reactive ketones (excluding diaryl/α,β-unsaturated/α-hetero) is 4. The normalized spacial score (nSPS) is 15.1. The zero-order valence-corrected chi connectivity index (χ0v) is 73.2. The van der Waals surface area contributed by atoms with Crippen molar-refractivity contribution in [1.29, 1.82) is 5.41 Å². The summed E-state index contributed by atoms with van der Waals surface area (Å²) in [6.45, 7) is 7.20. The van der Waals surface area contributed by atoms with Crippen molar-refractivity contribution in [2.24, 2.45) is 34.5 Å². The summed E-state index contributed by atoms with van der Waals surface area (Å²) in [5, 5.41) is 69.3. The van der Waals surface area contributed by atoms with Crippen LogP contribution < -0.4 is 59.3 Å². The maximum Gasteiger partial charge on any atom is 0.327 e. The van der Waals surface area contributed by atoms with Crippen molar-refractivity contribution in [1.82, 2.24) is 61.5 Å². The fraction of sp³-hybridized carbons (Fsp3) is 0.371. The van der Waals surface area contributed by atoms with Crippen LogP contribution in [0, 0.1) is 36.0 Å². The van der Waals surface area contributed by atoms with E-state index in [1.54, 1.807) is 42.2 Å². The SMILES string of the molecule is C/C(CCC(=O)C[C@H](C(=O)Nc1ccc2[nH]c(C(=O)Cc3ccc4[nH]c(C(=O)N5CC(CCl)c6c5cc(C)c5ccccc65)cc4c3)cc2c1)C(C)C)=N/NC(=O)CCN1C(=O)CC(SC[C@H](NC(=O)[C@H](CC(=O)O)CC(=O)[C@H](CCCNC(=N)N)NC(=O)[C@H](CC(=O)O)CC(=O)CC[C@H](NC(=O)c2ccc(NCc3cnc4nc(N)[nH]c(=O)c4n3)cc2)C(=O)O)C(=O)O)C1=O. The number of carbonyl (C=O) groups excluding carboxylic acids is 12. The molecule has 0 spiro atoms. The molecule has 8 amide bonds. The minimum absolute atomic E-state index is 0.00331. The number of alkyl halides is 1. The van der Waals surface area contributed by atoms with Crippen LogP contribution in [-0.2, 0) is 75.3 Å². The van der Waals surface area contributed by atoms with Gasteiger partial charge in [-0.15, -0.1) is 23.4 Å². The number of likely N-dealkylation sites (tertiary alicyclic amines) is 1. The quantitative estimate of drug-likeness (QED) is 0.00367. The summed E-state index contributed by atoms with van der Waals surface area (Å²) in [6.07, 6.45) is -4.98. The van der Waals surface area contributed by atoms with Crippen LogP contribution in [0.3, 0.4) is 0 Å². The number of nitrogen functional groups attached to an aromatic ring is 1. The van der Waals surface area contributed by atoms with Gasteiger partial charge in [0.1, 0.15) is 29.3 Å². The minimum atomic E-state index is -1.88. The standard InChI is InChI=1S/C89H98ClN19O21S/c1-43(2)60(82(123)98-54-17-21-62-49(29-54)31-65(99-62)69(112)28-46-12-20-61-48(27-46)32-66(100-61)84(125)109-41-52(38-90)76-59-9-6-5-8-58(59)44(3)26-68(76)109)36-57(111)18-11-45(4)106-107-72(114)23-25-108-73(115)37-71(85(108)126)131-42-67(87(129)130)103-81(122)51(35-75(118)119)33-70(113)63(10-7-24-94-88(91)92)101-80(121)50(34-74(116)117)30-56(110)19-22-64(86(127)128)102-79(120)47-13-15-53(16-14-47)95-39-55-40-96-78-77(97-55)83(124)105-89(93)104-78/h5-6,8-9,12-17,20-21,26-27,29,31-32,40,43,50-52,60,63-64,67,71,95,99-100H,7,10-11,18-19,22-25,28,30,33-39,41-42H2,1-4H3,(H,98,123)(H,101,121)(H,102,120)(H,103,122)(H,107,114)(H,116,117)(H,118,119)(H,127,128)(H,129,130)(H4,91,92,94)(H3,93,96,104,105,124)/b106-45-/t50-,51-,52?,60-,63-,64-,67-,71?/m0/s1. The molecule has 11 rings (SSSR count). The summed E-state index contributed by atoms with van der Waals surface area (Å²) in [6, 6.07) is 24.9. The predicted molar refractivity (Wildman–Crippen MR) is 483 cm³/mol. The molecule has 0 aliphatic carbocycles. The molecule has 131 heavy (non-hydrogen) atoms. The van der Waals surface area contributed by atoms with Crippen LogP contribution in [0.2, 0.25) is 0 Å². The van der Waals surface area contributed by atoms with Crippen LogP contribution >= 0.6 is 23.4 Å². The highest BCUT2D eigenvalue weighted by Crippen LogP contribution is 2.44. The van der Waals surface area contributed by atoms with E-state index in [4.69, 9.17) is 28.5 Å². The lowest BCUT2D eigenvalue weighted by Crippen LogP contribution is -2.48. The number of nitrogens with zero attached hydrogens (tertiary/aromatic N) is 6. The van der Waals surface area contributed by atoms with E-state index in [0.717, 1.165) is 49.0 Å². The number of carbonyl (C=O) groups is 16. The summed E-state index contributed by atoms with van der Waals surface area (Å²) in [7, 11) is 0. The lowest BCUT2D eigenvalue weighted by Gasteiger charge is -2.24. The van der Waals surface area contributed by atoms with Gasteiger partial charge in [-0.05, 0) is 146 Å². The third kappa shape index (κ3) is 25.7. The van der Waals surface area contributed by atoms with E-state index >= 15 is 0 Å². The first kappa shape index (κ1) is 97.0. The van der Waals surface area contributed by atoms with Gasteiger partial charge in [-0.25, -0.2) is 25.0 Å². The molecule has 688 valence electrons. The summed E-state index contributed by atoms with van der Waals surface area (Å²) in [5.41, 5.74) is 20.1. The average molecular weight is 1840 g/mol. The van der Waals surface area contributed by atoms with Gasteiger partial charge in [0.05, 0.1) is 60.1 Å². The van der Waals surface area contributed by atoms with Crippen molar-refractivity contribution < 1.29 is 97.1 Å². The third-order valence-electron chi connectivity index (χ3n) is 22.5. The summed E-state index contributed by atoms with van der Waals surface area (Å²) in [4.78, 5) is 249. The summed E-state index contributed by atoms with van der Waals surface area (Å²) >= 11 is 7.15. The Hall–Kier alpha value is -14.6. The molecule has 2 unspecified atom stereocenters. The molecule has 9 aromatic rings. The molecule has 0 saturated carbocycles. The summed E-state index contributed by atoms with van der Waals surface area (Å²) in [5.74, 6) is -20.4. The number of fused-ring (bicyclic) bond motifs is 6. The molecule has 40 nitrogen and oxygen atoms in total. The number of guanidine groups is 1. The Morgan fingerprint density at radius 3 is 2.02 bits per heavy atom. The van der Waals surface area contributed by atoms with Gasteiger partial charge < -0.3 is 78.7 Å². The van der Waals surface area contributed by atoms with E-state index in [9.17, 15) is 102 Å². The number of aromatic nitrogens is 6. The van der Waals surface area contributed by atoms with Gasteiger partial charge in [0.15, 0.2) is 28.7 Å². The van der Waals surface area contributed by atoms with Crippen LogP contribution in [0.15, 0.2) is 119 Å². The highest BCUT2D eigenvalue weighted by Gasteiger charge is 2.42. The zero-order chi connectivity index (χ0) is 94.8. The van der Waals surface area contributed by atoms with Gasteiger partial charge in [0, 0.05) is 145 Å². The van der Waals surface area contributed by atoms with Gasteiger partial charge in [0.2, 0.25) is 41.4 Å². The molecule has 1 saturated heterocycles. The van der Waals surface area contributed by atoms with E-state index < -0.39 is 193 Å². The lowest BCUT2D eigenvalue weighted by molar-refractivity contribution is -0.144. The van der Waals surface area contributed by atoms with Gasteiger partial charge in [-0.3, -0.25) is 87.2 Å². The molecule has 8 atom stereocenters. The number of aliphatic carboxylic acids is 4. The molecule has 1 fully saturated rings. The van der Waals surface area contributed by atoms with Crippen LogP contribution in [-0.4, -0.2) is 216 Å². The number of hydrogen-bond donors (Lipinski definition) is 17. The molecule has 42 heteroatoms. The third-order valence-corrected chi connectivity index (χ3v) is 24.1. The van der Waals surface area contributed by atoms with E-state index in [2.05, 4.69) is 84.5 Å². The van der Waals surface area contributed by atoms with Crippen LogP contribution in [0.1, 0.15) is 164 Å². The number of hydrazone groups is 1. The average Bonchev–Trinajstić information content (AvgIpc) is 1.60. The smallest absolute Gasteiger partial charge is 0.327 e. The maximum absolute atomic E-state index is 14.2. The number of aryl methyl sites for hydroxylation is 1. The van der Waals surface area contributed by atoms with Crippen LogP contribution in [0.25, 0.3) is 43.7 Å². The monoisotopic (exact) mass is 1840 g/mol. The number of ketones is 4. The Balaban J connectivity index is 0.605. The number of nitrogens with two attached hydrogens (primary N) is 2. The van der Waals surface area contributed by atoms with E-state index in [1.165, 1.54) is 30.5 Å². The summed E-state index contributed by atoms with van der Waals surface area (Å²) < 4.78 is 0. The number of benzene rings is 5. The van der Waals surface area contributed by atoms with Crippen molar-refractivity contribution in [2.45, 2.75) is 153 Å². The molecule has 5 aromatic carbocycles. The van der Waals surface area contributed by atoms with Crippen LogP contribution in [0.5, 0.6) is 0 Å². The lowest BCUT2D eigenvalue weighted by atomic mass is 9.88.